The summed E-state index contributed by atoms with van der Waals surface area (Å²) in [6.45, 7) is 7.87. The maximum Gasteiger partial charge on any atom is 0.407 e. The third-order valence-corrected chi connectivity index (χ3v) is 2.67. The molecule has 18 heavy (non-hydrogen) atoms. The van der Waals surface area contributed by atoms with Gasteiger partial charge in [-0.05, 0) is 26.7 Å². The van der Waals surface area contributed by atoms with Crippen molar-refractivity contribution in [2.24, 2.45) is 5.92 Å². The fourth-order valence-electron chi connectivity index (χ4n) is 1.78. The van der Waals surface area contributed by atoms with Gasteiger partial charge in [-0.3, -0.25) is 0 Å². The molecule has 108 valence electrons. The van der Waals surface area contributed by atoms with E-state index in [9.17, 15) is 4.79 Å². The molecule has 0 heterocycles. The van der Waals surface area contributed by atoms with Crippen LogP contribution in [-0.2, 0) is 4.74 Å². The van der Waals surface area contributed by atoms with Crippen LogP contribution in [0.1, 0.15) is 59.8 Å². The first-order chi connectivity index (χ1) is 8.35. The fourth-order valence-corrected chi connectivity index (χ4v) is 1.78. The molecule has 0 spiro atoms. The van der Waals surface area contributed by atoms with E-state index in [1.165, 1.54) is 32.1 Å². The Labute approximate surface area is 111 Å². The SMILES string of the molecule is CC(C)(C)OC(=O)NCCO.CC1CCCCC1. The second kappa shape index (κ2) is 9.20. The number of hydrogen-bond donors (Lipinski definition) is 2. The van der Waals surface area contributed by atoms with Crippen LogP contribution in [-0.4, -0.2) is 30.0 Å². The third-order valence-electron chi connectivity index (χ3n) is 2.67. The second-order valence-corrected chi connectivity index (χ2v) is 5.90. The summed E-state index contributed by atoms with van der Waals surface area (Å²) in [7, 11) is 0. The summed E-state index contributed by atoms with van der Waals surface area (Å²) in [5.74, 6) is 1.04. The van der Waals surface area contributed by atoms with Crippen molar-refractivity contribution in [1.29, 1.82) is 0 Å². The lowest BCUT2D eigenvalue weighted by Gasteiger charge is -2.19. The van der Waals surface area contributed by atoms with Crippen LogP contribution in [0.15, 0.2) is 0 Å². The molecule has 1 rings (SSSR count). The highest BCUT2D eigenvalue weighted by Gasteiger charge is 2.14. The zero-order valence-electron chi connectivity index (χ0n) is 12.3. The standard InChI is InChI=1S/C7H15NO3.C7H14/c1-7(2,3)11-6(10)8-4-5-9;1-7-5-3-2-4-6-7/h9H,4-5H2,1-3H3,(H,8,10);7H,2-6H2,1H3. The average Bonchev–Trinajstić information content (AvgIpc) is 2.26. The van der Waals surface area contributed by atoms with Crippen molar-refractivity contribution >= 4 is 6.09 Å². The summed E-state index contributed by atoms with van der Waals surface area (Å²) in [5.41, 5.74) is -0.473. The molecule has 0 aromatic rings. The molecular weight excluding hydrogens is 230 g/mol. The van der Waals surface area contributed by atoms with Crippen molar-refractivity contribution in [3.8, 4) is 0 Å². The van der Waals surface area contributed by atoms with Crippen molar-refractivity contribution in [1.82, 2.24) is 5.32 Å². The van der Waals surface area contributed by atoms with E-state index in [0.717, 1.165) is 5.92 Å². The van der Waals surface area contributed by atoms with Crippen LogP contribution in [0.5, 0.6) is 0 Å². The molecule has 0 aliphatic heterocycles. The molecular formula is C14H29NO3. The predicted molar refractivity (Wildman–Crippen MR) is 73.6 cm³/mol. The zero-order chi connectivity index (χ0) is 14.0. The molecule has 1 saturated carbocycles. The van der Waals surface area contributed by atoms with Gasteiger partial charge < -0.3 is 15.2 Å². The minimum absolute atomic E-state index is 0.0702. The Bertz CT molecular complexity index is 218. The summed E-state index contributed by atoms with van der Waals surface area (Å²) in [6.07, 6.45) is 6.94. The lowest BCUT2D eigenvalue weighted by molar-refractivity contribution is 0.0518. The first-order valence-electron chi connectivity index (χ1n) is 6.93. The van der Waals surface area contributed by atoms with Gasteiger partial charge in [0, 0.05) is 6.54 Å². The summed E-state index contributed by atoms with van der Waals surface area (Å²) in [4.78, 5) is 10.8. The monoisotopic (exact) mass is 259 g/mol. The van der Waals surface area contributed by atoms with Gasteiger partial charge in [0.15, 0.2) is 0 Å². The predicted octanol–water partition coefficient (Wildman–Crippen LogP) is 3.09. The number of alkyl carbamates (subject to hydrolysis) is 1. The summed E-state index contributed by atoms with van der Waals surface area (Å²) in [6, 6.07) is 0. The topological polar surface area (TPSA) is 58.6 Å². The number of rotatable bonds is 2. The molecule has 4 nitrogen and oxygen atoms in total. The van der Waals surface area contributed by atoms with Gasteiger partial charge in [-0.1, -0.05) is 39.0 Å². The van der Waals surface area contributed by atoms with Crippen LogP contribution in [0.2, 0.25) is 0 Å². The smallest absolute Gasteiger partial charge is 0.407 e. The molecule has 1 amide bonds. The Balaban J connectivity index is 0.000000351. The minimum Gasteiger partial charge on any atom is -0.444 e. The van der Waals surface area contributed by atoms with Gasteiger partial charge in [0.25, 0.3) is 0 Å². The molecule has 0 aromatic carbocycles. The number of amides is 1. The van der Waals surface area contributed by atoms with E-state index in [2.05, 4.69) is 12.2 Å². The van der Waals surface area contributed by atoms with Crippen LogP contribution in [0.25, 0.3) is 0 Å². The highest BCUT2D eigenvalue weighted by molar-refractivity contribution is 5.67. The number of carbonyl (C=O) groups is 1. The summed E-state index contributed by atoms with van der Waals surface area (Å²) >= 11 is 0. The first kappa shape index (κ1) is 17.2. The van der Waals surface area contributed by atoms with Crippen LogP contribution in [0, 0.1) is 5.92 Å². The van der Waals surface area contributed by atoms with Gasteiger partial charge in [-0.25, -0.2) is 4.79 Å². The molecule has 2 N–H and O–H groups in total. The largest absolute Gasteiger partial charge is 0.444 e. The van der Waals surface area contributed by atoms with Crippen molar-refractivity contribution in [3.05, 3.63) is 0 Å². The normalized spacial score (nSPS) is 16.5. The van der Waals surface area contributed by atoms with Crippen LogP contribution in [0.4, 0.5) is 4.79 Å². The Kier molecular flexibility index (Phi) is 8.81. The molecule has 1 aliphatic rings. The van der Waals surface area contributed by atoms with Gasteiger partial charge in [0.05, 0.1) is 6.61 Å². The van der Waals surface area contributed by atoms with Gasteiger partial charge in [0.1, 0.15) is 5.60 Å². The van der Waals surface area contributed by atoms with Crippen LogP contribution < -0.4 is 5.32 Å². The van der Waals surface area contributed by atoms with E-state index in [-0.39, 0.29) is 13.2 Å². The summed E-state index contributed by atoms with van der Waals surface area (Å²) in [5, 5.41) is 10.7. The maximum absolute atomic E-state index is 10.8. The Morgan fingerprint density at radius 2 is 1.83 bits per heavy atom. The number of aliphatic hydroxyl groups is 1. The molecule has 4 heteroatoms. The summed E-state index contributed by atoms with van der Waals surface area (Å²) < 4.78 is 4.88. The Morgan fingerprint density at radius 1 is 1.28 bits per heavy atom. The van der Waals surface area contributed by atoms with Gasteiger partial charge in [-0.2, -0.15) is 0 Å². The number of aliphatic hydroxyl groups excluding tert-OH is 1. The highest BCUT2D eigenvalue weighted by Crippen LogP contribution is 2.22. The minimum atomic E-state index is -0.494. The van der Waals surface area contributed by atoms with E-state index in [1.54, 1.807) is 20.8 Å². The van der Waals surface area contributed by atoms with Gasteiger partial charge >= 0.3 is 6.09 Å². The molecule has 0 saturated heterocycles. The Hall–Kier alpha value is -0.770. The van der Waals surface area contributed by atoms with E-state index < -0.39 is 11.7 Å². The van der Waals surface area contributed by atoms with E-state index in [4.69, 9.17) is 9.84 Å². The maximum atomic E-state index is 10.8. The average molecular weight is 259 g/mol. The quantitative estimate of drug-likeness (QED) is 0.801. The van der Waals surface area contributed by atoms with Crippen molar-refractivity contribution in [2.45, 2.75) is 65.4 Å². The van der Waals surface area contributed by atoms with Crippen molar-refractivity contribution < 1.29 is 14.6 Å². The molecule has 0 atom stereocenters. The number of nitrogens with one attached hydrogen (secondary N) is 1. The number of carbonyl (C=O) groups excluding carboxylic acids is 1. The lowest BCUT2D eigenvalue weighted by atomic mass is 9.91. The second-order valence-electron chi connectivity index (χ2n) is 5.90. The molecule has 0 unspecified atom stereocenters. The molecule has 1 fully saturated rings. The van der Waals surface area contributed by atoms with E-state index in [1.807, 2.05) is 0 Å². The molecule has 0 radical (unpaired) electrons. The lowest BCUT2D eigenvalue weighted by Crippen LogP contribution is -2.33. The first-order valence-corrected chi connectivity index (χ1v) is 6.93. The third kappa shape index (κ3) is 11.7. The van der Waals surface area contributed by atoms with Gasteiger partial charge in [-0.15, -0.1) is 0 Å². The number of ether oxygens (including phenoxy) is 1. The highest BCUT2D eigenvalue weighted by atomic mass is 16.6. The van der Waals surface area contributed by atoms with Crippen LogP contribution in [0.3, 0.4) is 0 Å². The van der Waals surface area contributed by atoms with Crippen LogP contribution >= 0.6 is 0 Å². The molecule has 1 aliphatic carbocycles. The Morgan fingerprint density at radius 3 is 2.17 bits per heavy atom. The van der Waals surface area contributed by atoms with Gasteiger partial charge in [0.2, 0.25) is 0 Å². The molecule has 0 bridgehead atoms. The molecule has 0 aromatic heterocycles. The van der Waals surface area contributed by atoms with Crippen molar-refractivity contribution in [3.63, 3.8) is 0 Å². The van der Waals surface area contributed by atoms with E-state index in [0.29, 0.717) is 0 Å². The van der Waals surface area contributed by atoms with E-state index >= 15 is 0 Å². The number of hydrogen-bond acceptors (Lipinski definition) is 3. The fraction of sp³-hybridized carbons (Fsp3) is 0.929. The zero-order valence-corrected chi connectivity index (χ0v) is 12.3. The van der Waals surface area contributed by atoms with Crippen molar-refractivity contribution in [2.75, 3.05) is 13.2 Å².